The fraction of sp³-hybridized carbons (Fsp3) is 0.400. The van der Waals surface area contributed by atoms with Crippen LogP contribution >= 0.6 is 0 Å². The van der Waals surface area contributed by atoms with Crippen LogP contribution in [-0.4, -0.2) is 15.8 Å². The van der Waals surface area contributed by atoms with E-state index in [4.69, 9.17) is 0 Å². The molecule has 0 fully saturated rings. The standard InChI is InChI=1S/C15H18N2O/c1-3-6-11(2)9-15(18)14-10-16-12-7-4-5-8-13(12)17-14/h4-5,7-8,10-11H,3,6,9H2,1-2H3. The maximum atomic E-state index is 12.1. The smallest absolute Gasteiger partial charge is 0.183 e. The van der Waals surface area contributed by atoms with Gasteiger partial charge in [-0.15, -0.1) is 0 Å². The average molecular weight is 242 g/mol. The van der Waals surface area contributed by atoms with Gasteiger partial charge in [0.1, 0.15) is 5.69 Å². The van der Waals surface area contributed by atoms with Gasteiger partial charge in [-0.3, -0.25) is 9.78 Å². The molecule has 18 heavy (non-hydrogen) atoms. The molecule has 1 unspecified atom stereocenters. The summed E-state index contributed by atoms with van der Waals surface area (Å²) in [5, 5.41) is 0. The zero-order valence-corrected chi connectivity index (χ0v) is 10.9. The van der Waals surface area contributed by atoms with Crippen LogP contribution in [0.4, 0.5) is 0 Å². The molecule has 0 amide bonds. The summed E-state index contributed by atoms with van der Waals surface area (Å²) in [7, 11) is 0. The first-order chi connectivity index (χ1) is 8.70. The number of fused-ring (bicyclic) bond motifs is 1. The van der Waals surface area contributed by atoms with Crippen molar-refractivity contribution in [1.29, 1.82) is 0 Å². The second-order valence-corrected chi connectivity index (χ2v) is 4.77. The molecule has 0 radical (unpaired) electrons. The van der Waals surface area contributed by atoms with E-state index in [0.29, 0.717) is 18.0 Å². The third-order valence-electron chi connectivity index (χ3n) is 3.05. The average Bonchev–Trinajstić information content (AvgIpc) is 2.38. The molecule has 94 valence electrons. The molecule has 2 aromatic rings. The molecule has 1 atom stereocenters. The first-order valence-electron chi connectivity index (χ1n) is 6.45. The third-order valence-corrected chi connectivity index (χ3v) is 3.05. The summed E-state index contributed by atoms with van der Waals surface area (Å²) < 4.78 is 0. The van der Waals surface area contributed by atoms with Gasteiger partial charge in [0.2, 0.25) is 0 Å². The number of carbonyl (C=O) groups is 1. The van der Waals surface area contributed by atoms with E-state index in [0.717, 1.165) is 23.9 Å². The molecular weight excluding hydrogens is 224 g/mol. The van der Waals surface area contributed by atoms with Crippen LogP contribution in [0.5, 0.6) is 0 Å². The van der Waals surface area contributed by atoms with Crippen LogP contribution < -0.4 is 0 Å². The molecule has 0 aliphatic heterocycles. The third kappa shape index (κ3) is 2.92. The summed E-state index contributed by atoms with van der Waals surface area (Å²) in [5.74, 6) is 0.505. The van der Waals surface area contributed by atoms with Gasteiger partial charge >= 0.3 is 0 Å². The number of carbonyl (C=O) groups excluding carboxylic acids is 1. The quantitative estimate of drug-likeness (QED) is 0.752. The Morgan fingerprint density at radius 3 is 2.72 bits per heavy atom. The van der Waals surface area contributed by atoms with Crippen molar-refractivity contribution in [3.05, 3.63) is 36.2 Å². The molecule has 3 nitrogen and oxygen atoms in total. The molecule has 3 heteroatoms. The molecule has 1 heterocycles. The first-order valence-corrected chi connectivity index (χ1v) is 6.45. The van der Waals surface area contributed by atoms with Gasteiger partial charge in [0, 0.05) is 6.42 Å². The number of nitrogens with zero attached hydrogens (tertiary/aromatic N) is 2. The van der Waals surface area contributed by atoms with Crippen molar-refractivity contribution in [2.45, 2.75) is 33.1 Å². The number of hydrogen-bond acceptors (Lipinski definition) is 3. The highest BCUT2D eigenvalue weighted by molar-refractivity contribution is 5.95. The highest BCUT2D eigenvalue weighted by Crippen LogP contribution is 2.15. The van der Waals surface area contributed by atoms with Crippen molar-refractivity contribution in [1.82, 2.24) is 9.97 Å². The summed E-state index contributed by atoms with van der Waals surface area (Å²) in [6, 6.07) is 7.61. The molecule has 0 saturated carbocycles. The minimum atomic E-state index is 0.0919. The van der Waals surface area contributed by atoms with Gasteiger partial charge < -0.3 is 0 Å². The van der Waals surface area contributed by atoms with Crippen LogP contribution in [0, 0.1) is 5.92 Å². The Hall–Kier alpha value is -1.77. The maximum absolute atomic E-state index is 12.1. The number of Topliss-reactive ketones (excluding diaryl/α,β-unsaturated/α-hetero) is 1. The lowest BCUT2D eigenvalue weighted by molar-refractivity contribution is 0.0957. The Bertz CT molecular complexity index is 551. The summed E-state index contributed by atoms with van der Waals surface area (Å²) >= 11 is 0. The van der Waals surface area contributed by atoms with Crippen LogP contribution in [-0.2, 0) is 0 Å². The van der Waals surface area contributed by atoms with E-state index in [2.05, 4.69) is 23.8 Å². The van der Waals surface area contributed by atoms with E-state index >= 15 is 0 Å². The van der Waals surface area contributed by atoms with Crippen molar-refractivity contribution in [2.24, 2.45) is 5.92 Å². The molecule has 0 N–H and O–H groups in total. The number of para-hydroxylation sites is 2. The van der Waals surface area contributed by atoms with Gasteiger partial charge in [-0.25, -0.2) is 4.98 Å². The SMILES string of the molecule is CCCC(C)CC(=O)c1cnc2ccccc2n1. The van der Waals surface area contributed by atoms with Gasteiger partial charge in [0.15, 0.2) is 5.78 Å². The first kappa shape index (κ1) is 12.7. The Labute approximate surface area is 107 Å². The van der Waals surface area contributed by atoms with Crippen LogP contribution in [0.15, 0.2) is 30.5 Å². The lowest BCUT2D eigenvalue weighted by Crippen LogP contribution is -2.08. The highest BCUT2D eigenvalue weighted by Gasteiger charge is 2.13. The molecule has 0 bridgehead atoms. The molecule has 0 aliphatic carbocycles. The Morgan fingerprint density at radius 1 is 1.28 bits per heavy atom. The maximum Gasteiger partial charge on any atom is 0.183 e. The largest absolute Gasteiger partial charge is 0.292 e. The van der Waals surface area contributed by atoms with Crippen LogP contribution in [0.3, 0.4) is 0 Å². The van der Waals surface area contributed by atoms with E-state index in [9.17, 15) is 4.79 Å². The predicted octanol–water partition coefficient (Wildman–Crippen LogP) is 3.64. The van der Waals surface area contributed by atoms with Gasteiger partial charge in [-0.1, -0.05) is 38.8 Å². The summed E-state index contributed by atoms with van der Waals surface area (Å²) in [4.78, 5) is 20.7. The molecular formula is C15H18N2O. The van der Waals surface area contributed by atoms with Crippen molar-refractivity contribution < 1.29 is 4.79 Å². The molecule has 2 rings (SSSR count). The Morgan fingerprint density at radius 2 is 2.00 bits per heavy atom. The number of rotatable bonds is 5. The minimum absolute atomic E-state index is 0.0919. The van der Waals surface area contributed by atoms with Gasteiger partial charge in [0.25, 0.3) is 0 Å². The Balaban J connectivity index is 2.17. The van der Waals surface area contributed by atoms with Crippen molar-refractivity contribution in [3.8, 4) is 0 Å². The van der Waals surface area contributed by atoms with Crippen molar-refractivity contribution in [2.75, 3.05) is 0 Å². The second-order valence-electron chi connectivity index (χ2n) is 4.77. The molecule has 0 aliphatic rings. The summed E-state index contributed by atoms with van der Waals surface area (Å²) in [6.45, 7) is 4.24. The number of hydrogen-bond donors (Lipinski definition) is 0. The normalized spacial score (nSPS) is 12.6. The van der Waals surface area contributed by atoms with E-state index in [1.54, 1.807) is 6.20 Å². The molecule has 1 aromatic heterocycles. The lowest BCUT2D eigenvalue weighted by atomic mass is 9.98. The van der Waals surface area contributed by atoms with E-state index in [1.165, 1.54) is 0 Å². The van der Waals surface area contributed by atoms with E-state index < -0.39 is 0 Å². The van der Waals surface area contributed by atoms with E-state index in [1.807, 2.05) is 24.3 Å². The van der Waals surface area contributed by atoms with Crippen molar-refractivity contribution in [3.63, 3.8) is 0 Å². The zero-order valence-electron chi connectivity index (χ0n) is 10.9. The topological polar surface area (TPSA) is 42.9 Å². The van der Waals surface area contributed by atoms with Gasteiger partial charge in [-0.2, -0.15) is 0 Å². The van der Waals surface area contributed by atoms with Crippen molar-refractivity contribution >= 4 is 16.8 Å². The molecule has 0 saturated heterocycles. The predicted molar refractivity (Wildman–Crippen MR) is 72.6 cm³/mol. The minimum Gasteiger partial charge on any atom is -0.292 e. The molecule has 0 spiro atoms. The highest BCUT2D eigenvalue weighted by atomic mass is 16.1. The molecule has 1 aromatic carbocycles. The fourth-order valence-corrected chi connectivity index (χ4v) is 2.11. The van der Waals surface area contributed by atoms with E-state index in [-0.39, 0.29) is 5.78 Å². The zero-order chi connectivity index (χ0) is 13.0. The Kier molecular flexibility index (Phi) is 4.03. The van der Waals surface area contributed by atoms with Crippen LogP contribution in [0.2, 0.25) is 0 Å². The van der Waals surface area contributed by atoms with Crippen LogP contribution in [0.25, 0.3) is 11.0 Å². The lowest BCUT2D eigenvalue weighted by Gasteiger charge is -2.08. The fourth-order valence-electron chi connectivity index (χ4n) is 2.11. The number of aromatic nitrogens is 2. The summed E-state index contributed by atoms with van der Waals surface area (Å²) in [5.41, 5.74) is 2.10. The van der Waals surface area contributed by atoms with Crippen LogP contribution in [0.1, 0.15) is 43.6 Å². The number of ketones is 1. The van der Waals surface area contributed by atoms with Gasteiger partial charge in [0.05, 0.1) is 17.2 Å². The summed E-state index contributed by atoms with van der Waals surface area (Å²) in [6.07, 6.45) is 4.33. The van der Waals surface area contributed by atoms with Gasteiger partial charge in [-0.05, 0) is 18.1 Å². The monoisotopic (exact) mass is 242 g/mol. The number of benzene rings is 1. The second kappa shape index (κ2) is 5.71.